The Morgan fingerprint density at radius 1 is 0.627 bits per heavy atom. The number of alkyl halides is 3. The van der Waals surface area contributed by atoms with Crippen molar-refractivity contribution >= 4 is 29.3 Å². The Bertz CT molecular complexity index is 2190. The highest BCUT2D eigenvalue weighted by molar-refractivity contribution is 5.96. The van der Waals surface area contributed by atoms with E-state index in [9.17, 15) is 31.5 Å². The van der Waals surface area contributed by atoms with Crippen molar-refractivity contribution in [1.29, 1.82) is 0 Å². The Hall–Kier alpha value is -6.01. The second kappa shape index (κ2) is 18.7. The number of carbonyl (C=O) groups excluding carboxylic acids is 2. The molecule has 2 aliphatic heterocycles. The first kappa shape index (κ1) is 41.2. The van der Waals surface area contributed by atoms with Crippen LogP contribution < -0.4 is 9.80 Å². The monoisotopic (exact) mass is 807 g/mol. The predicted molar refractivity (Wildman–Crippen MR) is 220 cm³/mol. The first-order valence-electron chi connectivity index (χ1n) is 19.8. The van der Waals surface area contributed by atoms with Gasteiger partial charge >= 0.3 is 6.18 Å². The van der Waals surface area contributed by atoms with Gasteiger partial charge in [-0.25, -0.2) is 8.78 Å². The summed E-state index contributed by atoms with van der Waals surface area (Å²) in [6, 6.07) is 34.9. The topological polar surface area (TPSA) is 50.3 Å². The van der Waals surface area contributed by atoms with E-state index in [1.807, 2.05) is 60.7 Å². The minimum Gasteiger partial charge on any atom is -0.368 e. The first-order valence-corrected chi connectivity index (χ1v) is 19.8. The number of piperazine rings is 2. The number of hydrogen-bond acceptors (Lipinski definition) is 5. The minimum absolute atomic E-state index is 0.00626. The minimum atomic E-state index is -4.51. The van der Waals surface area contributed by atoms with Crippen molar-refractivity contribution in [2.45, 2.75) is 31.7 Å². The van der Waals surface area contributed by atoms with Gasteiger partial charge < -0.3 is 19.6 Å². The Labute approximate surface area is 341 Å². The van der Waals surface area contributed by atoms with Gasteiger partial charge in [0.15, 0.2) is 11.6 Å². The summed E-state index contributed by atoms with van der Waals surface area (Å²) in [5.41, 5.74) is 3.97. The van der Waals surface area contributed by atoms with Gasteiger partial charge in [-0.1, -0.05) is 78.9 Å². The molecule has 2 aliphatic rings. The van der Waals surface area contributed by atoms with Crippen LogP contribution in [0.2, 0.25) is 0 Å². The summed E-state index contributed by atoms with van der Waals surface area (Å²) in [5.74, 6) is -2.99. The quantitative estimate of drug-likeness (QED) is 0.0939. The Kier molecular flexibility index (Phi) is 13.1. The normalized spacial score (nSPS) is 15.7. The predicted octanol–water partition coefficient (Wildman–Crippen LogP) is 8.31. The van der Waals surface area contributed by atoms with E-state index < -0.39 is 35.3 Å². The van der Waals surface area contributed by atoms with Gasteiger partial charge in [0.1, 0.15) is 6.04 Å². The van der Waals surface area contributed by atoms with Crippen LogP contribution >= 0.6 is 0 Å². The summed E-state index contributed by atoms with van der Waals surface area (Å²) >= 11 is 0. The van der Waals surface area contributed by atoms with E-state index in [4.69, 9.17) is 0 Å². The SMILES string of the molecule is O=C(C(Cc1ccc(F)c(F)c1)N(Cc1ccc(N2CCN(c3ccccc3)CC2)cc1)C(=O)/C=C/c1ccc(C(F)(F)F)cc1)N1CCN(Cc2ccccc2)CC1. The van der Waals surface area contributed by atoms with Gasteiger partial charge in [0.25, 0.3) is 0 Å². The van der Waals surface area contributed by atoms with Crippen molar-refractivity contribution in [2.75, 3.05) is 62.2 Å². The summed E-state index contributed by atoms with van der Waals surface area (Å²) in [5, 5.41) is 0. The van der Waals surface area contributed by atoms with E-state index in [1.54, 1.807) is 4.90 Å². The van der Waals surface area contributed by atoms with Crippen LogP contribution in [0.1, 0.15) is 27.8 Å². The van der Waals surface area contributed by atoms with Gasteiger partial charge in [-0.3, -0.25) is 14.5 Å². The second-order valence-corrected chi connectivity index (χ2v) is 15.0. The van der Waals surface area contributed by atoms with Crippen molar-refractivity contribution in [3.05, 3.63) is 173 Å². The number of benzene rings is 5. The van der Waals surface area contributed by atoms with E-state index in [1.165, 1.54) is 40.9 Å². The summed E-state index contributed by atoms with van der Waals surface area (Å²) in [6.45, 7) is 6.06. The fourth-order valence-corrected chi connectivity index (χ4v) is 7.66. The van der Waals surface area contributed by atoms with Crippen LogP contribution in [-0.2, 0) is 35.3 Å². The second-order valence-electron chi connectivity index (χ2n) is 15.0. The highest BCUT2D eigenvalue weighted by atomic mass is 19.4. The van der Waals surface area contributed by atoms with Crippen LogP contribution in [0.4, 0.5) is 33.3 Å². The van der Waals surface area contributed by atoms with E-state index in [2.05, 4.69) is 39.0 Å². The summed E-state index contributed by atoms with van der Waals surface area (Å²) in [4.78, 5) is 39.0. The Morgan fingerprint density at radius 3 is 1.80 bits per heavy atom. The number of hydrogen-bond donors (Lipinski definition) is 0. The molecule has 0 radical (unpaired) electrons. The van der Waals surface area contributed by atoms with Crippen molar-refractivity contribution in [3.8, 4) is 0 Å². The summed E-state index contributed by atoms with van der Waals surface area (Å²) in [7, 11) is 0. The zero-order chi connectivity index (χ0) is 41.4. The van der Waals surface area contributed by atoms with Gasteiger partial charge in [0.05, 0.1) is 5.56 Å². The maximum absolute atomic E-state index is 14.7. The molecule has 2 saturated heterocycles. The molecule has 0 bridgehead atoms. The van der Waals surface area contributed by atoms with Gasteiger partial charge in [0.2, 0.25) is 11.8 Å². The van der Waals surface area contributed by atoms with Gasteiger partial charge in [0, 0.05) is 89.3 Å². The number of nitrogens with zero attached hydrogens (tertiary/aromatic N) is 5. The molecule has 2 amide bonds. The molecule has 7 rings (SSSR count). The fraction of sp³-hybridized carbons (Fsp3) is 0.277. The number of carbonyl (C=O) groups is 2. The molecule has 7 nitrogen and oxygen atoms in total. The van der Waals surface area contributed by atoms with E-state index in [-0.39, 0.29) is 18.9 Å². The molecule has 0 aromatic heterocycles. The van der Waals surface area contributed by atoms with Crippen molar-refractivity contribution in [1.82, 2.24) is 14.7 Å². The molecule has 0 N–H and O–H groups in total. The lowest BCUT2D eigenvalue weighted by atomic mass is 10.0. The number of para-hydroxylation sites is 1. The fourth-order valence-electron chi connectivity index (χ4n) is 7.66. The van der Waals surface area contributed by atoms with Gasteiger partial charge in [-0.05, 0) is 76.9 Å². The average Bonchev–Trinajstić information content (AvgIpc) is 3.26. The largest absolute Gasteiger partial charge is 0.416 e. The van der Waals surface area contributed by atoms with Crippen molar-refractivity contribution in [3.63, 3.8) is 0 Å². The zero-order valence-electron chi connectivity index (χ0n) is 32.6. The maximum atomic E-state index is 14.7. The van der Waals surface area contributed by atoms with E-state index in [0.717, 1.165) is 73.8 Å². The van der Waals surface area contributed by atoms with Gasteiger partial charge in [-0.15, -0.1) is 0 Å². The van der Waals surface area contributed by atoms with Crippen LogP contribution in [0, 0.1) is 11.6 Å². The van der Waals surface area contributed by atoms with E-state index >= 15 is 0 Å². The molecule has 12 heteroatoms. The van der Waals surface area contributed by atoms with Crippen LogP contribution in [0.3, 0.4) is 0 Å². The smallest absolute Gasteiger partial charge is 0.368 e. The molecule has 1 atom stereocenters. The highest BCUT2D eigenvalue weighted by Crippen LogP contribution is 2.29. The number of amides is 2. The van der Waals surface area contributed by atoms with Crippen molar-refractivity contribution < 1.29 is 31.5 Å². The lowest BCUT2D eigenvalue weighted by molar-refractivity contribution is -0.145. The molecule has 1 unspecified atom stereocenters. The van der Waals surface area contributed by atoms with E-state index in [0.29, 0.717) is 37.3 Å². The van der Waals surface area contributed by atoms with Crippen LogP contribution in [0.15, 0.2) is 133 Å². The van der Waals surface area contributed by atoms with Crippen LogP contribution in [0.5, 0.6) is 0 Å². The summed E-state index contributed by atoms with van der Waals surface area (Å²) in [6.07, 6.45) is -1.95. The lowest BCUT2D eigenvalue weighted by Crippen LogP contribution is -2.56. The number of rotatable bonds is 12. The molecular weight excluding hydrogens is 762 g/mol. The third kappa shape index (κ3) is 10.7. The van der Waals surface area contributed by atoms with Gasteiger partial charge in [-0.2, -0.15) is 13.2 Å². The molecule has 0 saturated carbocycles. The Balaban J connectivity index is 1.14. The lowest BCUT2D eigenvalue weighted by Gasteiger charge is -2.39. The zero-order valence-corrected chi connectivity index (χ0v) is 32.6. The molecule has 2 fully saturated rings. The molecule has 59 heavy (non-hydrogen) atoms. The molecule has 306 valence electrons. The number of halogens is 5. The number of anilines is 2. The maximum Gasteiger partial charge on any atom is 0.416 e. The van der Waals surface area contributed by atoms with Crippen molar-refractivity contribution in [2.24, 2.45) is 0 Å². The molecular formula is C47H46F5N5O2. The average molecular weight is 808 g/mol. The first-order chi connectivity index (χ1) is 28.5. The summed E-state index contributed by atoms with van der Waals surface area (Å²) < 4.78 is 68.4. The Morgan fingerprint density at radius 2 is 1.20 bits per heavy atom. The molecule has 2 heterocycles. The standard InChI is InChI=1S/C47H46F5N5O2/c48-42-21-15-38(31-43(42)49)32-44(46(59)56-25-23-53(24-26-56)33-36-7-3-1-4-8-36)57(45(58)22-16-35-11-17-39(18-12-35)47(50,51)52)34-37-13-19-41(20-14-37)55-29-27-54(28-30-55)40-9-5-2-6-10-40/h1-22,31,44H,23-30,32-34H2/b22-16+. The molecule has 5 aromatic rings. The third-order valence-electron chi connectivity index (χ3n) is 11.0. The molecule has 0 spiro atoms. The van der Waals surface area contributed by atoms with Crippen LogP contribution in [0.25, 0.3) is 6.08 Å². The van der Waals surface area contributed by atoms with Crippen LogP contribution in [-0.4, -0.2) is 84.9 Å². The molecule has 0 aliphatic carbocycles. The molecule has 5 aromatic carbocycles. The third-order valence-corrected chi connectivity index (χ3v) is 11.0. The highest BCUT2D eigenvalue weighted by Gasteiger charge is 2.35.